The third-order valence-corrected chi connectivity index (χ3v) is 2.27. The number of rotatable bonds is 3. The van der Waals surface area contributed by atoms with E-state index in [9.17, 15) is 10.1 Å². The van der Waals surface area contributed by atoms with Crippen LogP contribution in [0.5, 0.6) is 0 Å². The molecule has 0 unspecified atom stereocenters. The highest BCUT2D eigenvalue weighted by Gasteiger charge is 2.13. The number of nitro groups is 1. The van der Waals surface area contributed by atoms with Crippen molar-refractivity contribution in [3.05, 3.63) is 33.4 Å². The van der Waals surface area contributed by atoms with Crippen LogP contribution in [0.1, 0.15) is 18.1 Å². The third kappa shape index (κ3) is 1.84. The fourth-order valence-electron chi connectivity index (χ4n) is 1.48. The zero-order valence-electron chi connectivity index (χ0n) is 8.63. The Labute approximate surface area is 83.1 Å². The van der Waals surface area contributed by atoms with Gasteiger partial charge >= 0.3 is 0 Å². The molecule has 1 N–H and O–H groups in total. The largest absolute Gasteiger partial charge is 0.388 e. The standard InChI is InChI=1S/C10H14N2O2/c1-4-8-5-7(2)10(12(13)14)6-9(8)11-3/h5-6,11H,4H2,1-3H3. The fraction of sp³-hybridized carbons (Fsp3) is 0.400. The van der Waals surface area contributed by atoms with Gasteiger partial charge in [-0.2, -0.15) is 0 Å². The molecule has 1 aromatic rings. The molecule has 14 heavy (non-hydrogen) atoms. The van der Waals surface area contributed by atoms with E-state index in [0.717, 1.165) is 17.7 Å². The van der Waals surface area contributed by atoms with E-state index < -0.39 is 0 Å². The van der Waals surface area contributed by atoms with E-state index in [1.165, 1.54) is 0 Å². The second-order valence-electron chi connectivity index (χ2n) is 3.16. The average Bonchev–Trinajstić information content (AvgIpc) is 2.16. The van der Waals surface area contributed by atoms with Gasteiger partial charge in [0.25, 0.3) is 5.69 Å². The summed E-state index contributed by atoms with van der Waals surface area (Å²) in [5, 5.41) is 13.6. The first-order chi connectivity index (χ1) is 6.60. The van der Waals surface area contributed by atoms with Gasteiger partial charge in [0.05, 0.1) is 4.92 Å². The molecule has 0 bridgehead atoms. The molecule has 4 nitrogen and oxygen atoms in total. The van der Waals surface area contributed by atoms with Crippen LogP contribution in [0.3, 0.4) is 0 Å². The number of benzene rings is 1. The summed E-state index contributed by atoms with van der Waals surface area (Å²) in [4.78, 5) is 10.3. The second kappa shape index (κ2) is 4.09. The smallest absolute Gasteiger partial charge is 0.274 e. The van der Waals surface area contributed by atoms with Crippen LogP contribution in [0.2, 0.25) is 0 Å². The molecule has 0 aliphatic heterocycles. The van der Waals surface area contributed by atoms with Crippen molar-refractivity contribution in [2.75, 3.05) is 12.4 Å². The van der Waals surface area contributed by atoms with Crippen molar-refractivity contribution < 1.29 is 4.92 Å². The van der Waals surface area contributed by atoms with E-state index in [1.54, 1.807) is 20.0 Å². The molecule has 0 spiro atoms. The maximum atomic E-state index is 10.7. The van der Waals surface area contributed by atoms with Gasteiger partial charge in [-0.1, -0.05) is 6.92 Å². The lowest BCUT2D eigenvalue weighted by molar-refractivity contribution is -0.385. The lowest BCUT2D eigenvalue weighted by Crippen LogP contribution is -1.99. The Morgan fingerprint density at radius 1 is 1.50 bits per heavy atom. The maximum Gasteiger partial charge on any atom is 0.274 e. The van der Waals surface area contributed by atoms with Gasteiger partial charge in [0, 0.05) is 24.4 Å². The average molecular weight is 194 g/mol. The predicted octanol–water partition coefficient (Wildman–Crippen LogP) is 2.51. The summed E-state index contributed by atoms with van der Waals surface area (Å²) in [6, 6.07) is 3.46. The number of anilines is 1. The van der Waals surface area contributed by atoms with Crippen molar-refractivity contribution in [2.24, 2.45) is 0 Å². The predicted molar refractivity (Wildman–Crippen MR) is 56.8 cm³/mol. The highest BCUT2D eigenvalue weighted by Crippen LogP contribution is 2.26. The summed E-state index contributed by atoms with van der Waals surface area (Å²) in [6.45, 7) is 3.79. The second-order valence-corrected chi connectivity index (χ2v) is 3.16. The molecule has 0 aliphatic rings. The summed E-state index contributed by atoms with van der Waals surface area (Å²) >= 11 is 0. The molecule has 1 aromatic carbocycles. The van der Waals surface area contributed by atoms with Gasteiger partial charge < -0.3 is 5.32 Å². The highest BCUT2D eigenvalue weighted by atomic mass is 16.6. The molecule has 0 saturated carbocycles. The summed E-state index contributed by atoms with van der Waals surface area (Å²) < 4.78 is 0. The Hall–Kier alpha value is -1.58. The molecule has 0 heterocycles. The van der Waals surface area contributed by atoms with Crippen LogP contribution in [0, 0.1) is 17.0 Å². The SMILES string of the molecule is CCc1cc(C)c([N+](=O)[O-])cc1NC. The Morgan fingerprint density at radius 2 is 2.14 bits per heavy atom. The van der Waals surface area contributed by atoms with Gasteiger partial charge in [-0.3, -0.25) is 10.1 Å². The lowest BCUT2D eigenvalue weighted by atomic mass is 10.1. The minimum Gasteiger partial charge on any atom is -0.388 e. The molecule has 0 fully saturated rings. The first-order valence-corrected chi connectivity index (χ1v) is 4.55. The summed E-state index contributed by atoms with van der Waals surface area (Å²) in [5.74, 6) is 0. The van der Waals surface area contributed by atoms with Gasteiger partial charge in [-0.15, -0.1) is 0 Å². The minimum atomic E-state index is -0.352. The Kier molecular flexibility index (Phi) is 3.06. The number of nitrogens with one attached hydrogen (secondary N) is 1. The number of nitrogens with zero attached hydrogens (tertiary/aromatic N) is 1. The number of aryl methyl sites for hydroxylation is 2. The molecular weight excluding hydrogens is 180 g/mol. The van der Waals surface area contributed by atoms with Crippen molar-refractivity contribution in [1.82, 2.24) is 0 Å². The van der Waals surface area contributed by atoms with Crippen LogP contribution in [-0.2, 0) is 6.42 Å². The molecule has 0 radical (unpaired) electrons. The first-order valence-electron chi connectivity index (χ1n) is 4.55. The topological polar surface area (TPSA) is 55.2 Å². The molecule has 0 aliphatic carbocycles. The highest BCUT2D eigenvalue weighted by molar-refractivity contribution is 5.60. The van der Waals surface area contributed by atoms with Crippen molar-refractivity contribution in [3.63, 3.8) is 0 Å². The van der Waals surface area contributed by atoms with Crippen LogP contribution in [0.15, 0.2) is 12.1 Å². The molecule has 4 heteroatoms. The zero-order valence-corrected chi connectivity index (χ0v) is 8.63. The number of hydrogen-bond donors (Lipinski definition) is 1. The van der Waals surface area contributed by atoms with Crippen molar-refractivity contribution >= 4 is 11.4 Å². The van der Waals surface area contributed by atoms with E-state index >= 15 is 0 Å². The van der Waals surface area contributed by atoms with Crippen LogP contribution in [0.25, 0.3) is 0 Å². The van der Waals surface area contributed by atoms with Crippen LogP contribution in [-0.4, -0.2) is 12.0 Å². The molecule has 0 saturated heterocycles. The normalized spacial score (nSPS) is 9.93. The molecule has 0 atom stereocenters. The van der Waals surface area contributed by atoms with Gasteiger partial charge in [-0.25, -0.2) is 0 Å². The fourth-order valence-corrected chi connectivity index (χ4v) is 1.48. The summed E-state index contributed by atoms with van der Waals surface area (Å²) in [6.07, 6.45) is 0.870. The molecule has 0 amide bonds. The van der Waals surface area contributed by atoms with E-state index in [1.807, 2.05) is 13.0 Å². The Morgan fingerprint density at radius 3 is 2.57 bits per heavy atom. The third-order valence-electron chi connectivity index (χ3n) is 2.27. The Balaban J connectivity index is 3.30. The van der Waals surface area contributed by atoms with Gasteiger partial charge in [0.2, 0.25) is 0 Å². The zero-order chi connectivity index (χ0) is 10.7. The summed E-state index contributed by atoms with van der Waals surface area (Å²) in [7, 11) is 1.77. The monoisotopic (exact) mass is 194 g/mol. The van der Waals surface area contributed by atoms with E-state index in [2.05, 4.69) is 5.32 Å². The van der Waals surface area contributed by atoms with Crippen LogP contribution < -0.4 is 5.32 Å². The number of nitro benzene ring substituents is 1. The first kappa shape index (κ1) is 10.5. The van der Waals surface area contributed by atoms with Crippen LogP contribution in [0.4, 0.5) is 11.4 Å². The molecule has 76 valence electrons. The number of hydrogen-bond acceptors (Lipinski definition) is 3. The Bertz CT molecular complexity index is 361. The van der Waals surface area contributed by atoms with Gasteiger partial charge in [0.1, 0.15) is 0 Å². The van der Waals surface area contributed by atoms with Gasteiger partial charge in [0.15, 0.2) is 0 Å². The molecule has 0 aromatic heterocycles. The van der Waals surface area contributed by atoms with Crippen LogP contribution >= 0.6 is 0 Å². The van der Waals surface area contributed by atoms with E-state index in [-0.39, 0.29) is 10.6 Å². The van der Waals surface area contributed by atoms with Crippen molar-refractivity contribution in [2.45, 2.75) is 20.3 Å². The van der Waals surface area contributed by atoms with Crippen molar-refractivity contribution in [1.29, 1.82) is 0 Å². The van der Waals surface area contributed by atoms with Gasteiger partial charge in [-0.05, 0) is 25.0 Å². The minimum absolute atomic E-state index is 0.173. The van der Waals surface area contributed by atoms with E-state index in [0.29, 0.717) is 5.56 Å². The quantitative estimate of drug-likeness (QED) is 0.594. The maximum absolute atomic E-state index is 10.7. The summed E-state index contributed by atoms with van der Waals surface area (Å²) in [5.41, 5.74) is 2.83. The lowest BCUT2D eigenvalue weighted by Gasteiger charge is -2.08. The molecule has 1 rings (SSSR count). The van der Waals surface area contributed by atoms with E-state index in [4.69, 9.17) is 0 Å². The molecular formula is C10H14N2O2. The van der Waals surface area contributed by atoms with Crippen molar-refractivity contribution in [3.8, 4) is 0 Å².